The molecule has 5 nitrogen and oxygen atoms in total. The minimum Gasteiger partial charge on any atom is -0.387 e. The maximum absolute atomic E-state index is 12.5. The molecule has 2 atom stereocenters. The molecular weight excluding hydrogens is 314 g/mol. The van der Waals surface area contributed by atoms with Crippen molar-refractivity contribution in [2.75, 3.05) is 13.1 Å². The highest BCUT2D eigenvalue weighted by atomic mass is 16.3. The molecule has 1 aliphatic heterocycles. The van der Waals surface area contributed by atoms with Crippen LogP contribution in [0.3, 0.4) is 0 Å². The summed E-state index contributed by atoms with van der Waals surface area (Å²) < 4.78 is 0. The molecule has 3 rings (SSSR count). The van der Waals surface area contributed by atoms with Gasteiger partial charge in [0.05, 0.1) is 17.8 Å². The van der Waals surface area contributed by atoms with E-state index in [2.05, 4.69) is 30.1 Å². The number of nitrogens with one attached hydrogen (secondary N) is 2. The summed E-state index contributed by atoms with van der Waals surface area (Å²) >= 11 is 0. The first kappa shape index (κ1) is 17.8. The zero-order valence-electron chi connectivity index (χ0n) is 15.3. The number of aryl methyl sites for hydroxylation is 1. The monoisotopic (exact) mass is 342 g/mol. The molecule has 0 aliphatic carbocycles. The Morgan fingerprint density at radius 3 is 2.88 bits per heavy atom. The van der Waals surface area contributed by atoms with Gasteiger partial charge >= 0.3 is 0 Å². The molecule has 0 bridgehead atoms. The highest BCUT2D eigenvalue weighted by molar-refractivity contribution is 5.26. The molecule has 1 aromatic heterocycles. The lowest BCUT2D eigenvalue weighted by Gasteiger charge is -2.27. The molecule has 0 saturated heterocycles. The maximum atomic E-state index is 12.5. The Hall–Kier alpha value is -1.98. The Morgan fingerprint density at radius 2 is 2.16 bits per heavy atom. The SMILES string of the molecule is Cc1cccc(Cc2nc3c(c(=O)[nH]2)C[NH+](C[C@H](O)C(C)C)CC3)c1. The van der Waals surface area contributed by atoms with Crippen LogP contribution in [-0.4, -0.2) is 34.3 Å². The number of aromatic nitrogens is 2. The van der Waals surface area contributed by atoms with Crippen LogP contribution in [0.15, 0.2) is 29.1 Å². The Labute approximate surface area is 148 Å². The summed E-state index contributed by atoms with van der Waals surface area (Å²) in [4.78, 5) is 21.5. The number of fused-ring (bicyclic) bond motifs is 1. The van der Waals surface area contributed by atoms with Gasteiger partial charge in [0, 0.05) is 12.8 Å². The molecular formula is C20H28N3O2+. The van der Waals surface area contributed by atoms with Gasteiger partial charge in [0.1, 0.15) is 25.0 Å². The molecule has 25 heavy (non-hydrogen) atoms. The van der Waals surface area contributed by atoms with E-state index in [1.165, 1.54) is 10.5 Å². The maximum Gasteiger partial charge on any atom is 0.260 e. The smallest absolute Gasteiger partial charge is 0.260 e. The van der Waals surface area contributed by atoms with Crippen molar-refractivity contribution in [2.24, 2.45) is 5.92 Å². The van der Waals surface area contributed by atoms with E-state index in [0.29, 0.717) is 19.5 Å². The van der Waals surface area contributed by atoms with Crippen LogP contribution in [0.2, 0.25) is 0 Å². The minimum atomic E-state index is -0.329. The van der Waals surface area contributed by atoms with E-state index in [0.717, 1.165) is 35.6 Å². The van der Waals surface area contributed by atoms with E-state index in [4.69, 9.17) is 4.98 Å². The number of hydrogen-bond donors (Lipinski definition) is 3. The summed E-state index contributed by atoms with van der Waals surface area (Å²) in [6, 6.07) is 8.28. The third-order valence-corrected chi connectivity index (χ3v) is 5.01. The zero-order valence-corrected chi connectivity index (χ0v) is 15.3. The fourth-order valence-corrected chi connectivity index (χ4v) is 3.42. The van der Waals surface area contributed by atoms with E-state index in [9.17, 15) is 9.90 Å². The van der Waals surface area contributed by atoms with Gasteiger partial charge in [0.25, 0.3) is 5.56 Å². The van der Waals surface area contributed by atoms with Gasteiger partial charge in [0.15, 0.2) is 0 Å². The fraction of sp³-hybridized carbons (Fsp3) is 0.500. The number of aliphatic hydroxyl groups excluding tert-OH is 1. The zero-order chi connectivity index (χ0) is 18.0. The average molecular weight is 342 g/mol. The third-order valence-electron chi connectivity index (χ3n) is 5.01. The number of aromatic amines is 1. The Morgan fingerprint density at radius 1 is 1.36 bits per heavy atom. The number of benzene rings is 1. The number of H-pyrrole nitrogens is 1. The molecule has 5 heteroatoms. The van der Waals surface area contributed by atoms with Crippen LogP contribution in [0.1, 0.15) is 42.1 Å². The van der Waals surface area contributed by atoms with E-state index in [1.54, 1.807) is 0 Å². The molecule has 0 saturated carbocycles. The van der Waals surface area contributed by atoms with Crippen LogP contribution in [0.5, 0.6) is 0 Å². The Kier molecular flexibility index (Phi) is 5.35. The van der Waals surface area contributed by atoms with Gasteiger partial charge in [-0.2, -0.15) is 0 Å². The normalized spacial score (nSPS) is 18.2. The van der Waals surface area contributed by atoms with E-state index >= 15 is 0 Å². The van der Waals surface area contributed by atoms with Crippen LogP contribution in [-0.2, 0) is 19.4 Å². The topological polar surface area (TPSA) is 70.4 Å². The Balaban J connectivity index is 1.76. The van der Waals surface area contributed by atoms with Crippen LogP contribution < -0.4 is 10.5 Å². The van der Waals surface area contributed by atoms with Crippen molar-refractivity contribution < 1.29 is 10.0 Å². The van der Waals surface area contributed by atoms with Crippen molar-refractivity contribution in [2.45, 2.75) is 46.3 Å². The van der Waals surface area contributed by atoms with Gasteiger partial charge in [-0.25, -0.2) is 4.98 Å². The average Bonchev–Trinajstić information content (AvgIpc) is 2.55. The van der Waals surface area contributed by atoms with Crippen LogP contribution in [0.25, 0.3) is 0 Å². The summed E-state index contributed by atoms with van der Waals surface area (Å²) in [6.07, 6.45) is 1.11. The standard InChI is InChI=1S/C20H27N3O2/c1-13(2)18(24)12-23-8-7-17-16(11-23)20(25)22-19(21-17)10-15-6-4-5-14(3)9-15/h4-6,9,13,18,24H,7-8,10-12H2,1-3H3,(H,21,22,25)/p+1/t18-/m0/s1. The van der Waals surface area contributed by atoms with Gasteiger partial charge in [-0.15, -0.1) is 0 Å². The minimum absolute atomic E-state index is 0.0242. The summed E-state index contributed by atoms with van der Waals surface area (Å²) in [5, 5.41) is 10.1. The molecule has 0 spiro atoms. The van der Waals surface area contributed by atoms with Crippen molar-refractivity contribution >= 4 is 0 Å². The molecule has 0 amide bonds. The largest absolute Gasteiger partial charge is 0.387 e. The van der Waals surface area contributed by atoms with E-state index in [-0.39, 0.29) is 17.6 Å². The third kappa shape index (κ3) is 4.35. The van der Waals surface area contributed by atoms with Gasteiger partial charge in [-0.3, -0.25) is 4.79 Å². The second-order valence-corrected chi connectivity index (χ2v) is 7.55. The summed E-state index contributed by atoms with van der Waals surface area (Å²) in [7, 11) is 0. The second-order valence-electron chi connectivity index (χ2n) is 7.55. The van der Waals surface area contributed by atoms with Crippen LogP contribution in [0.4, 0.5) is 0 Å². The highest BCUT2D eigenvalue weighted by Crippen LogP contribution is 2.10. The number of aliphatic hydroxyl groups is 1. The molecule has 1 aliphatic rings. The summed E-state index contributed by atoms with van der Waals surface area (Å²) in [5.41, 5.74) is 4.05. The van der Waals surface area contributed by atoms with Crippen LogP contribution in [0, 0.1) is 12.8 Å². The van der Waals surface area contributed by atoms with E-state index < -0.39 is 0 Å². The molecule has 2 heterocycles. The van der Waals surface area contributed by atoms with Crippen molar-refractivity contribution in [1.82, 2.24) is 9.97 Å². The lowest BCUT2D eigenvalue weighted by molar-refractivity contribution is -0.919. The molecule has 0 fully saturated rings. The first-order valence-electron chi connectivity index (χ1n) is 9.10. The first-order valence-corrected chi connectivity index (χ1v) is 9.10. The van der Waals surface area contributed by atoms with Crippen LogP contribution >= 0.6 is 0 Å². The molecule has 1 unspecified atom stereocenters. The predicted octanol–water partition coefficient (Wildman–Crippen LogP) is 0.627. The van der Waals surface area contributed by atoms with Gasteiger partial charge in [-0.1, -0.05) is 43.7 Å². The number of nitrogens with zero attached hydrogens (tertiary/aromatic N) is 1. The fourth-order valence-electron chi connectivity index (χ4n) is 3.42. The number of hydrogen-bond acceptors (Lipinski definition) is 3. The molecule has 0 radical (unpaired) electrons. The summed E-state index contributed by atoms with van der Waals surface area (Å²) in [6.45, 7) is 8.35. The second kappa shape index (κ2) is 7.50. The lowest BCUT2D eigenvalue weighted by atomic mass is 10.0. The number of quaternary nitrogens is 1. The molecule has 134 valence electrons. The van der Waals surface area contributed by atoms with Crippen molar-refractivity contribution in [3.05, 3.63) is 62.8 Å². The van der Waals surface area contributed by atoms with Crippen molar-refractivity contribution in [1.29, 1.82) is 0 Å². The lowest BCUT2D eigenvalue weighted by Crippen LogP contribution is -3.13. The van der Waals surface area contributed by atoms with Crippen molar-refractivity contribution in [3.63, 3.8) is 0 Å². The quantitative estimate of drug-likeness (QED) is 0.746. The predicted molar refractivity (Wildman–Crippen MR) is 97.8 cm³/mol. The first-order chi connectivity index (χ1) is 11.9. The van der Waals surface area contributed by atoms with E-state index in [1.807, 2.05) is 19.9 Å². The molecule has 2 aromatic rings. The van der Waals surface area contributed by atoms with Crippen molar-refractivity contribution in [3.8, 4) is 0 Å². The Bertz CT molecular complexity index is 798. The highest BCUT2D eigenvalue weighted by Gasteiger charge is 2.26. The van der Waals surface area contributed by atoms with Gasteiger partial charge in [-0.05, 0) is 18.4 Å². The summed E-state index contributed by atoms with van der Waals surface area (Å²) in [5.74, 6) is 0.974. The van der Waals surface area contributed by atoms with Gasteiger partial charge < -0.3 is 15.0 Å². The van der Waals surface area contributed by atoms with Gasteiger partial charge in [0.2, 0.25) is 0 Å². The molecule has 3 N–H and O–H groups in total. The molecule has 1 aromatic carbocycles. The number of rotatable bonds is 5.